The van der Waals surface area contributed by atoms with E-state index in [1.807, 2.05) is 12.1 Å². The van der Waals surface area contributed by atoms with E-state index in [9.17, 15) is 9.18 Å². The van der Waals surface area contributed by atoms with E-state index in [1.54, 1.807) is 24.5 Å². The zero-order valence-corrected chi connectivity index (χ0v) is 12.8. The Morgan fingerprint density at radius 3 is 2.22 bits per heavy atom. The Labute approximate surface area is 134 Å². The van der Waals surface area contributed by atoms with Crippen LogP contribution in [0, 0.1) is 11.7 Å². The number of benzene rings is 1. The van der Waals surface area contributed by atoms with Gasteiger partial charge in [0.1, 0.15) is 5.82 Å². The van der Waals surface area contributed by atoms with Gasteiger partial charge in [-0.3, -0.25) is 4.98 Å². The number of carbonyl (C=O) groups is 1. The Bertz CT molecular complexity index is 668. The van der Waals surface area contributed by atoms with E-state index in [1.165, 1.54) is 12.1 Å². The standard InChI is InChI=1S/C18H20FN3O/c19-16-7-5-14(6-8-16)18(22-17(20)23,13-3-1-2-4-13)15-9-11-21-12-10-15/h5-13H,1-4H2,(H3,20,22,23). The van der Waals surface area contributed by atoms with Crippen molar-refractivity contribution in [1.82, 2.24) is 10.3 Å². The first-order chi connectivity index (χ1) is 11.1. The summed E-state index contributed by atoms with van der Waals surface area (Å²) < 4.78 is 13.4. The van der Waals surface area contributed by atoms with Gasteiger partial charge in [-0.05, 0) is 54.2 Å². The molecule has 2 aromatic rings. The van der Waals surface area contributed by atoms with Crippen LogP contribution in [0.25, 0.3) is 0 Å². The fraction of sp³-hybridized carbons (Fsp3) is 0.333. The van der Waals surface area contributed by atoms with Crippen LogP contribution in [-0.2, 0) is 5.54 Å². The number of hydrogen-bond acceptors (Lipinski definition) is 2. The topological polar surface area (TPSA) is 68.0 Å². The Hall–Kier alpha value is -2.43. The molecule has 1 fully saturated rings. The summed E-state index contributed by atoms with van der Waals surface area (Å²) in [5.41, 5.74) is 6.52. The van der Waals surface area contributed by atoms with Crippen LogP contribution >= 0.6 is 0 Å². The number of halogens is 1. The van der Waals surface area contributed by atoms with Gasteiger partial charge in [0, 0.05) is 12.4 Å². The van der Waals surface area contributed by atoms with Crippen molar-refractivity contribution in [2.75, 3.05) is 0 Å². The van der Waals surface area contributed by atoms with Gasteiger partial charge in [0.2, 0.25) is 0 Å². The second-order valence-electron chi connectivity index (χ2n) is 6.02. The molecule has 3 rings (SSSR count). The molecule has 1 atom stereocenters. The third-order valence-corrected chi connectivity index (χ3v) is 4.72. The van der Waals surface area contributed by atoms with Crippen molar-refractivity contribution in [1.29, 1.82) is 0 Å². The van der Waals surface area contributed by atoms with Crippen molar-refractivity contribution in [2.45, 2.75) is 31.2 Å². The molecule has 1 heterocycles. The Balaban J connectivity index is 2.20. The molecule has 1 aliphatic rings. The number of aromatic nitrogens is 1. The molecule has 0 bridgehead atoms. The molecule has 4 nitrogen and oxygen atoms in total. The number of hydrogen-bond donors (Lipinski definition) is 2. The first-order valence-corrected chi connectivity index (χ1v) is 7.87. The molecule has 23 heavy (non-hydrogen) atoms. The number of amides is 2. The van der Waals surface area contributed by atoms with Gasteiger partial charge in [0.25, 0.3) is 0 Å². The van der Waals surface area contributed by atoms with Crippen LogP contribution in [0.2, 0.25) is 0 Å². The van der Waals surface area contributed by atoms with Crippen molar-refractivity contribution in [2.24, 2.45) is 11.7 Å². The third-order valence-electron chi connectivity index (χ3n) is 4.72. The molecule has 1 unspecified atom stereocenters. The van der Waals surface area contributed by atoms with E-state index in [0.717, 1.165) is 36.8 Å². The van der Waals surface area contributed by atoms with Gasteiger partial charge in [-0.2, -0.15) is 0 Å². The summed E-state index contributed by atoms with van der Waals surface area (Å²) in [5, 5.41) is 2.98. The van der Waals surface area contributed by atoms with Gasteiger partial charge >= 0.3 is 6.03 Å². The molecule has 0 saturated heterocycles. The fourth-order valence-corrected chi connectivity index (χ4v) is 3.77. The van der Waals surface area contributed by atoms with Crippen LogP contribution < -0.4 is 11.1 Å². The van der Waals surface area contributed by atoms with E-state index >= 15 is 0 Å². The summed E-state index contributed by atoms with van der Waals surface area (Å²) >= 11 is 0. The first kappa shape index (κ1) is 15.5. The highest BCUT2D eigenvalue weighted by Crippen LogP contribution is 2.44. The molecule has 1 saturated carbocycles. The largest absolute Gasteiger partial charge is 0.352 e. The quantitative estimate of drug-likeness (QED) is 0.909. The zero-order chi connectivity index (χ0) is 16.3. The number of rotatable bonds is 4. The van der Waals surface area contributed by atoms with Crippen LogP contribution in [0.4, 0.5) is 9.18 Å². The summed E-state index contributed by atoms with van der Waals surface area (Å²) in [4.78, 5) is 15.9. The van der Waals surface area contributed by atoms with Crippen LogP contribution in [0.5, 0.6) is 0 Å². The maximum absolute atomic E-state index is 13.4. The van der Waals surface area contributed by atoms with E-state index in [0.29, 0.717) is 0 Å². The fourth-order valence-electron chi connectivity index (χ4n) is 3.77. The lowest BCUT2D eigenvalue weighted by atomic mass is 9.72. The molecule has 1 aliphatic carbocycles. The van der Waals surface area contributed by atoms with Crippen molar-refractivity contribution in [3.8, 4) is 0 Å². The van der Waals surface area contributed by atoms with Crippen LogP contribution in [-0.4, -0.2) is 11.0 Å². The smallest absolute Gasteiger partial charge is 0.313 e. The van der Waals surface area contributed by atoms with E-state index < -0.39 is 11.6 Å². The van der Waals surface area contributed by atoms with Gasteiger partial charge in [-0.1, -0.05) is 25.0 Å². The minimum Gasteiger partial charge on any atom is -0.352 e. The predicted octanol–water partition coefficient (Wildman–Crippen LogP) is 3.32. The number of urea groups is 1. The number of nitrogens with one attached hydrogen (secondary N) is 1. The summed E-state index contributed by atoms with van der Waals surface area (Å²) in [6.45, 7) is 0. The van der Waals surface area contributed by atoms with Gasteiger partial charge in [0.05, 0.1) is 5.54 Å². The first-order valence-electron chi connectivity index (χ1n) is 7.87. The van der Waals surface area contributed by atoms with Gasteiger partial charge < -0.3 is 11.1 Å². The number of pyridine rings is 1. The van der Waals surface area contributed by atoms with Crippen molar-refractivity contribution >= 4 is 6.03 Å². The van der Waals surface area contributed by atoms with Crippen LogP contribution in [0.1, 0.15) is 36.8 Å². The molecule has 1 aromatic carbocycles. The molecule has 0 aliphatic heterocycles. The highest BCUT2D eigenvalue weighted by atomic mass is 19.1. The summed E-state index contributed by atoms with van der Waals surface area (Å²) in [7, 11) is 0. The maximum Gasteiger partial charge on any atom is 0.313 e. The molecule has 3 N–H and O–H groups in total. The Morgan fingerprint density at radius 1 is 1.09 bits per heavy atom. The van der Waals surface area contributed by atoms with E-state index in [-0.39, 0.29) is 11.7 Å². The van der Waals surface area contributed by atoms with Crippen LogP contribution in [0.3, 0.4) is 0 Å². The summed E-state index contributed by atoms with van der Waals surface area (Å²) in [6, 6.07) is 9.48. The third kappa shape index (κ3) is 2.91. The second-order valence-corrected chi connectivity index (χ2v) is 6.02. The lowest BCUT2D eigenvalue weighted by Crippen LogP contribution is -2.53. The number of primary amides is 1. The SMILES string of the molecule is NC(=O)NC(c1ccncc1)(c1ccc(F)cc1)C1CCCC1. The summed E-state index contributed by atoms with van der Waals surface area (Å²) in [5.74, 6) is -0.0919. The maximum atomic E-state index is 13.4. The van der Waals surface area contributed by atoms with Crippen molar-refractivity contribution < 1.29 is 9.18 Å². The van der Waals surface area contributed by atoms with Gasteiger partial charge in [-0.15, -0.1) is 0 Å². The minimum atomic E-state index is -0.751. The van der Waals surface area contributed by atoms with E-state index in [2.05, 4.69) is 10.3 Å². The number of nitrogens with zero attached hydrogens (tertiary/aromatic N) is 1. The molecular formula is C18H20FN3O. The average Bonchev–Trinajstić information content (AvgIpc) is 3.09. The van der Waals surface area contributed by atoms with Crippen molar-refractivity contribution in [3.63, 3.8) is 0 Å². The molecule has 2 amide bonds. The molecule has 120 valence electrons. The average molecular weight is 313 g/mol. The Morgan fingerprint density at radius 2 is 1.65 bits per heavy atom. The van der Waals surface area contributed by atoms with Gasteiger partial charge in [-0.25, -0.2) is 9.18 Å². The second kappa shape index (κ2) is 6.36. The zero-order valence-electron chi connectivity index (χ0n) is 12.8. The van der Waals surface area contributed by atoms with Crippen LogP contribution in [0.15, 0.2) is 48.8 Å². The monoisotopic (exact) mass is 313 g/mol. The summed E-state index contributed by atoms with van der Waals surface area (Å²) in [6.07, 6.45) is 7.59. The minimum absolute atomic E-state index is 0.211. The highest BCUT2D eigenvalue weighted by Gasteiger charge is 2.44. The van der Waals surface area contributed by atoms with Gasteiger partial charge in [0.15, 0.2) is 0 Å². The number of carbonyl (C=O) groups excluding carboxylic acids is 1. The molecule has 0 spiro atoms. The normalized spacial score (nSPS) is 17.6. The number of nitrogens with two attached hydrogens (primary N) is 1. The molecular weight excluding hydrogens is 293 g/mol. The lowest BCUT2D eigenvalue weighted by Gasteiger charge is -2.40. The predicted molar refractivity (Wildman–Crippen MR) is 86.1 cm³/mol. The van der Waals surface area contributed by atoms with E-state index in [4.69, 9.17) is 5.73 Å². The lowest BCUT2D eigenvalue weighted by molar-refractivity contribution is 0.219. The van der Waals surface area contributed by atoms with Crippen molar-refractivity contribution in [3.05, 3.63) is 65.7 Å². The molecule has 5 heteroatoms. The Kier molecular flexibility index (Phi) is 4.28. The highest BCUT2D eigenvalue weighted by molar-refractivity contribution is 5.74. The molecule has 1 aromatic heterocycles. The molecule has 0 radical (unpaired) electrons.